The van der Waals surface area contributed by atoms with Crippen molar-refractivity contribution < 1.29 is 22.6 Å². The van der Waals surface area contributed by atoms with Gasteiger partial charge in [-0.15, -0.1) is 0 Å². The van der Waals surface area contributed by atoms with Crippen molar-refractivity contribution >= 4 is 16.7 Å². The second-order valence-electron chi connectivity index (χ2n) is 10.6. The number of aromatic nitrogens is 2. The predicted molar refractivity (Wildman–Crippen MR) is 153 cm³/mol. The van der Waals surface area contributed by atoms with Crippen LogP contribution in [0, 0.1) is 6.92 Å². The number of hydrogen-bond acceptors (Lipinski definition) is 6. The summed E-state index contributed by atoms with van der Waals surface area (Å²) in [6.07, 6.45) is 5.42. The largest absolute Gasteiger partial charge is 0.493 e. The number of methoxy groups -OCH3 is 1. The Morgan fingerprint density at radius 2 is 1.70 bits per heavy atom. The molecule has 40 heavy (non-hydrogen) atoms. The van der Waals surface area contributed by atoms with Gasteiger partial charge in [-0.3, -0.25) is 0 Å². The smallest absolute Gasteiger partial charge is 0.416 e. The topological polar surface area (TPSA) is 59.5 Å². The summed E-state index contributed by atoms with van der Waals surface area (Å²) in [5, 5.41) is 4.01. The molecular formula is C31H41F3N4O2. The Bertz CT molecular complexity index is 1250. The van der Waals surface area contributed by atoms with Crippen LogP contribution in [0.2, 0.25) is 0 Å². The van der Waals surface area contributed by atoms with Crippen molar-refractivity contribution in [3.63, 3.8) is 0 Å². The lowest BCUT2D eigenvalue weighted by Crippen LogP contribution is -2.30. The Kier molecular flexibility index (Phi) is 10.5. The van der Waals surface area contributed by atoms with Gasteiger partial charge in [0.2, 0.25) is 0 Å². The minimum Gasteiger partial charge on any atom is -0.493 e. The molecule has 1 atom stereocenters. The number of benzene rings is 2. The number of anilines is 1. The highest BCUT2D eigenvalue weighted by Gasteiger charge is 2.30. The molecule has 1 aliphatic heterocycles. The normalized spacial score (nSPS) is 15.2. The van der Waals surface area contributed by atoms with Crippen LogP contribution in [0.4, 0.5) is 19.0 Å². The quantitative estimate of drug-likeness (QED) is 0.215. The standard InChI is InChI=1S/C31H41F3N4O2/c1-22(24-13-12-14-25(19-24)31(32,33)34)35-30-26-20-29(28(39-3)21-27(26)36-23(2)37-30)40-18-11-6-4-5-8-15-38-16-9-7-10-17-38/h12-14,19-22H,4-11,15-18H2,1-3H3,(H,35,36,37). The summed E-state index contributed by atoms with van der Waals surface area (Å²) in [5.41, 5.74) is 0.508. The van der Waals surface area contributed by atoms with E-state index in [4.69, 9.17) is 9.47 Å². The number of rotatable bonds is 13. The fourth-order valence-electron chi connectivity index (χ4n) is 5.24. The Labute approximate surface area is 235 Å². The average Bonchev–Trinajstić information content (AvgIpc) is 2.94. The molecule has 6 nitrogen and oxygen atoms in total. The van der Waals surface area contributed by atoms with E-state index in [1.165, 1.54) is 70.3 Å². The van der Waals surface area contributed by atoms with E-state index in [2.05, 4.69) is 20.2 Å². The SMILES string of the molecule is COc1cc2nc(C)nc(NC(C)c3cccc(C(F)(F)F)c3)c2cc1OCCCCCCCN1CCCCC1. The van der Waals surface area contributed by atoms with Crippen LogP contribution in [-0.4, -0.2) is 48.2 Å². The third-order valence-corrected chi connectivity index (χ3v) is 7.49. The second-order valence-corrected chi connectivity index (χ2v) is 10.6. The minimum atomic E-state index is -4.40. The van der Waals surface area contributed by atoms with E-state index in [0.29, 0.717) is 40.8 Å². The number of alkyl halides is 3. The molecule has 3 aromatic rings. The molecule has 9 heteroatoms. The number of fused-ring (bicyclic) bond motifs is 1. The van der Waals surface area contributed by atoms with E-state index < -0.39 is 17.8 Å². The summed E-state index contributed by atoms with van der Waals surface area (Å²) in [7, 11) is 1.60. The molecule has 0 saturated carbocycles. The molecule has 0 radical (unpaired) electrons. The molecule has 0 spiro atoms. The molecule has 2 heterocycles. The zero-order valence-electron chi connectivity index (χ0n) is 23.8. The molecule has 0 amide bonds. The number of unbranched alkanes of at least 4 members (excludes halogenated alkanes) is 4. The first-order valence-electron chi connectivity index (χ1n) is 14.4. The Morgan fingerprint density at radius 3 is 2.45 bits per heavy atom. The van der Waals surface area contributed by atoms with Gasteiger partial charge in [-0.25, -0.2) is 9.97 Å². The molecule has 1 aromatic heterocycles. The summed E-state index contributed by atoms with van der Waals surface area (Å²) < 4.78 is 51.4. The van der Waals surface area contributed by atoms with Crippen molar-refractivity contribution in [2.45, 2.75) is 77.4 Å². The van der Waals surface area contributed by atoms with Crippen LogP contribution in [0.1, 0.15) is 81.3 Å². The van der Waals surface area contributed by atoms with Crippen LogP contribution in [-0.2, 0) is 6.18 Å². The Hall–Kier alpha value is -3.07. The maximum Gasteiger partial charge on any atom is 0.416 e. The second kappa shape index (κ2) is 14.0. The molecule has 1 unspecified atom stereocenters. The molecule has 4 rings (SSSR count). The molecular weight excluding hydrogens is 517 g/mol. The van der Waals surface area contributed by atoms with Gasteiger partial charge in [0.15, 0.2) is 11.5 Å². The highest BCUT2D eigenvalue weighted by Crippen LogP contribution is 2.36. The van der Waals surface area contributed by atoms with Gasteiger partial charge in [0.25, 0.3) is 0 Å². The maximum atomic E-state index is 13.2. The van der Waals surface area contributed by atoms with Crippen molar-refractivity contribution in [3.8, 4) is 11.5 Å². The van der Waals surface area contributed by atoms with E-state index in [-0.39, 0.29) is 0 Å². The number of piperidine rings is 1. The first-order valence-corrected chi connectivity index (χ1v) is 14.4. The molecule has 1 aliphatic rings. The van der Waals surface area contributed by atoms with Crippen LogP contribution in [0.3, 0.4) is 0 Å². The summed E-state index contributed by atoms with van der Waals surface area (Å²) in [5.74, 6) is 2.27. The van der Waals surface area contributed by atoms with Crippen LogP contribution in [0.25, 0.3) is 10.9 Å². The first kappa shape index (κ1) is 29.9. The minimum absolute atomic E-state index is 0.416. The van der Waals surface area contributed by atoms with Crippen molar-refractivity contribution in [1.29, 1.82) is 0 Å². The van der Waals surface area contributed by atoms with Gasteiger partial charge in [0.05, 0.1) is 24.8 Å². The van der Waals surface area contributed by atoms with Crippen molar-refractivity contribution in [3.05, 3.63) is 53.3 Å². The van der Waals surface area contributed by atoms with E-state index in [1.807, 2.05) is 19.1 Å². The molecule has 1 saturated heterocycles. The van der Waals surface area contributed by atoms with Crippen molar-refractivity contribution in [1.82, 2.24) is 14.9 Å². The highest BCUT2D eigenvalue weighted by molar-refractivity contribution is 5.92. The third-order valence-electron chi connectivity index (χ3n) is 7.49. The predicted octanol–water partition coefficient (Wildman–Crippen LogP) is 7.95. The zero-order chi connectivity index (χ0) is 28.5. The van der Waals surface area contributed by atoms with Crippen LogP contribution in [0.15, 0.2) is 36.4 Å². The van der Waals surface area contributed by atoms with Gasteiger partial charge in [-0.05, 0) is 82.9 Å². The lowest BCUT2D eigenvalue weighted by Gasteiger charge is -2.26. The molecule has 0 bridgehead atoms. The van der Waals surface area contributed by atoms with E-state index >= 15 is 0 Å². The Balaban J connectivity index is 1.37. The number of ether oxygens (including phenoxy) is 2. The molecule has 1 fully saturated rings. The van der Waals surface area contributed by atoms with E-state index in [1.54, 1.807) is 20.1 Å². The lowest BCUT2D eigenvalue weighted by atomic mass is 10.0. The van der Waals surface area contributed by atoms with Crippen LogP contribution in [0.5, 0.6) is 11.5 Å². The van der Waals surface area contributed by atoms with E-state index in [0.717, 1.165) is 24.3 Å². The first-order chi connectivity index (χ1) is 19.2. The zero-order valence-corrected chi connectivity index (χ0v) is 23.8. The summed E-state index contributed by atoms with van der Waals surface area (Å²) in [6, 6.07) is 8.60. The molecule has 218 valence electrons. The van der Waals surface area contributed by atoms with E-state index in [9.17, 15) is 13.2 Å². The number of halogens is 3. The van der Waals surface area contributed by atoms with Gasteiger partial charge in [-0.1, -0.05) is 37.8 Å². The van der Waals surface area contributed by atoms with Gasteiger partial charge in [0, 0.05) is 17.5 Å². The van der Waals surface area contributed by atoms with Gasteiger partial charge >= 0.3 is 6.18 Å². The third kappa shape index (κ3) is 8.22. The van der Waals surface area contributed by atoms with Crippen molar-refractivity contribution in [2.75, 3.05) is 38.7 Å². The highest BCUT2D eigenvalue weighted by atomic mass is 19.4. The fourth-order valence-corrected chi connectivity index (χ4v) is 5.24. The number of hydrogen-bond donors (Lipinski definition) is 1. The monoisotopic (exact) mass is 558 g/mol. The molecule has 1 N–H and O–H groups in total. The summed E-state index contributed by atoms with van der Waals surface area (Å²) in [4.78, 5) is 11.7. The van der Waals surface area contributed by atoms with Gasteiger partial charge < -0.3 is 19.7 Å². The lowest BCUT2D eigenvalue weighted by molar-refractivity contribution is -0.137. The molecule has 0 aliphatic carbocycles. The van der Waals surface area contributed by atoms with Crippen molar-refractivity contribution in [2.24, 2.45) is 0 Å². The van der Waals surface area contributed by atoms with Crippen LogP contribution < -0.4 is 14.8 Å². The summed E-state index contributed by atoms with van der Waals surface area (Å²) in [6.45, 7) is 7.90. The molecule has 2 aromatic carbocycles. The van der Waals surface area contributed by atoms with Gasteiger partial charge in [-0.2, -0.15) is 13.2 Å². The fraction of sp³-hybridized carbons (Fsp3) is 0.548. The maximum absolute atomic E-state index is 13.2. The van der Waals surface area contributed by atoms with Gasteiger partial charge in [0.1, 0.15) is 11.6 Å². The summed E-state index contributed by atoms with van der Waals surface area (Å²) >= 11 is 0. The number of nitrogens with zero attached hydrogens (tertiary/aromatic N) is 3. The van der Waals surface area contributed by atoms with Crippen LogP contribution >= 0.6 is 0 Å². The number of nitrogens with one attached hydrogen (secondary N) is 1. The average molecular weight is 559 g/mol. The number of aryl methyl sites for hydroxylation is 1. The number of likely N-dealkylation sites (tertiary alicyclic amines) is 1. The Morgan fingerprint density at radius 1 is 0.950 bits per heavy atom.